The monoisotopic (exact) mass is 434 g/mol. The third-order valence-corrected chi connectivity index (χ3v) is 4.59. The number of ether oxygens (including phenoxy) is 2. The molecule has 2 amide bonds. The number of methoxy groups -OCH3 is 2. The predicted molar refractivity (Wildman–Crippen MR) is 107 cm³/mol. The third kappa shape index (κ3) is 5.99. The molecular formula is C20H23BrN2O4. The summed E-state index contributed by atoms with van der Waals surface area (Å²) in [7, 11) is 4.90. The molecular weight excluding hydrogens is 412 g/mol. The number of carbonyl (C=O) groups excluding carboxylic acids is 2. The van der Waals surface area contributed by atoms with Gasteiger partial charge in [0.05, 0.1) is 14.2 Å². The molecule has 0 aromatic heterocycles. The van der Waals surface area contributed by atoms with Crippen LogP contribution in [0.3, 0.4) is 0 Å². The second-order valence-electron chi connectivity index (χ2n) is 5.94. The highest BCUT2D eigenvalue weighted by Crippen LogP contribution is 2.25. The van der Waals surface area contributed by atoms with Gasteiger partial charge in [0, 0.05) is 48.2 Å². The number of carbonyl (C=O) groups is 2. The molecule has 0 atom stereocenters. The maximum absolute atomic E-state index is 12.3. The SMILES string of the molecule is COc1ccc(CN(C)C(=O)CCNC(=O)c2ccc(Br)cc2)c(OC)c1. The van der Waals surface area contributed by atoms with Gasteiger partial charge in [0.1, 0.15) is 11.5 Å². The van der Waals surface area contributed by atoms with Gasteiger partial charge in [-0.1, -0.05) is 15.9 Å². The molecule has 0 fully saturated rings. The van der Waals surface area contributed by atoms with Crippen LogP contribution in [0.5, 0.6) is 11.5 Å². The number of amides is 2. The first-order valence-corrected chi connectivity index (χ1v) is 9.22. The highest BCUT2D eigenvalue weighted by molar-refractivity contribution is 9.10. The molecule has 1 N–H and O–H groups in total. The van der Waals surface area contributed by atoms with E-state index in [2.05, 4.69) is 21.2 Å². The lowest BCUT2D eigenvalue weighted by Crippen LogP contribution is -2.32. The van der Waals surface area contributed by atoms with Crippen molar-refractivity contribution in [3.8, 4) is 11.5 Å². The second-order valence-corrected chi connectivity index (χ2v) is 6.86. The van der Waals surface area contributed by atoms with E-state index in [1.54, 1.807) is 56.5 Å². The zero-order valence-electron chi connectivity index (χ0n) is 15.6. The summed E-state index contributed by atoms with van der Waals surface area (Å²) in [6.07, 6.45) is 0.219. The molecule has 0 bridgehead atoms. The van der Waals surface area contributed by atoms with Gasteiger partial charge < -0.3 is 19.7 Å². The highest BCUT2D eigenvalue weighted by atomic mass is 79.9. The van der Waals surface area contributed by atoms with E-state index in [-0.39, 0.29) is 24.8 Å². The fraction of sp³-hybridized carbons (Fsp3) is 0.300. The van der Waals surface area contributed by atoms with Gasteiger partial charge in [0.15, 0.2) is 0 Å². The number of benzene rings is 2. The average Bonchev–Trinajstić information content (AvgIpc) is 2.68. The van der Waals surface area contributed by atoms with E-state index in [0.717, 1.165) is 10.0 Å². The van der Waals surface area contributed by atoms with Crippen molar-refractivity contribution in [2.75, 3.05) is 27.8 Å². The van der Waals surface area contributed by atoms with E-state index in [4.69, 9.17) is 9.47 Å². The van der Waals surface area contributed by atoms with E-state index in [1.807, 2.05) is 12.1 Å². The quantitative estimate of drug-likeness (QED) is 0.692. The average molecular weight is 435 g/mol. The minimum atomic E-state index is -0.199. The van der Waals surface area contributed by atoms with Crippen molar-refractivity contribution in [3.63, 3.8) is 0 Å². The summed E-state index contributed by atoms with van der Waals surface area (Å²) in [5, 5.41) is 2.76. The maximum Gasteiger partial charge on any atom is 0.251 e. The number of rotatable bonds is 8. The van der Waals surface area contributed by atoms with Crippen LogP contribution in [0.1, 0.15) is 22.3 Å². The summed E-state index contributed by atoms with van der Waals surface area (Å²) in [5.74, 6) is 1.09. The number of nitrogens with one attached hydrogen (secondary N) is 1. The van der Waals surface area contributed by atoms with Gasteiger partial charge in [0.2, 0.25) is 5.91 Å². The second kappa shape index (κ2) is 9.97. The van der Waals surface area contributed by atoms with Crippen molar-refractivity contribution in [1.29, 1.82) is 0 Å². The van der Waals surface area contributed by atoms with Crippen molar-refractivity contribution in [3.05, 3.63) is 58.1 Å². The lowest BCUT2D eigenvalue weighted by atomic mass is 10.1. The van der Waals surface area contributed by atoms with Gasteiger partial charge in [0.25, 0.3) is 5.91 Å². The van der Waals surface area contributed by atoms with E-state index in [0.29, 0.717) is 23.6 Å². The molecule has 2 aromatic carbocycles. The smallest absolute Gasteiger partial charge is 0.251 e. The largest absolute Gasteiger partial charge is 0.497 e. The summed E-state index contributed by atoms with van der Waals surface area (Å²) in [6.45, 7) is 0.685. The van der Waals surface area contributed by atoms with Crippen molar-refractivity contribution >= 4 is 27.7 Å². The third-order valence-electron chi connectivity index (χ3n) is 4.06. The summed E-state index contributed by atoms with van der Waals surface area (Å²) < 4.78 is 11.4. The first-order valence-electron chi connectivity index (χ1n) is 8.43. The van der Waals surface area contributed by atoms with Gasteiger partial charge in [-0.05, 0) is 36.4 Å². The first-order chi connectivity index (χ1) is 12.9. The van der Waals surface area contributed by atoms with Crippen LogP contribution in [-0.4, -0.2) is 44.5 Å². The minimum absolute atomic E-state index is 0.0658. The van der Waals surface area contributed by atoms with Crippen LogP contribution in [0.2, 0.25) is 0 Å². The Kier molecular flexibility index (Phi) is 7.67. The molecule has 0 aliphatic heterocycles. The van der Waals surface area contributed by atoms with Gasteiger partial charge >= 0.3 is 0 Å². The molecule has 0 saturated heterocycles. The highest BCUT2D eigenvalue weighted by Gasteiger charge is 2.13. The van der Waals surface area contributed by atoms with Crippen molar-refractivity contribution in [2.24, 2.45) is 0 Å². The molecule has 6 nitrogen and oxygen atoms in total. The molecule has 0 aliphatic carbocycles. The molecule has 0 radical (unpaired) electrons. The van der Waals surface area contributed by atoms with Crippen molar-refractivity contribution < 1.29 is 19.1 Å². The van der Waals surface area contributed by atoms with Crippen LogP contribution >= 0.6 is 15.9 Å². The van der Waals surface area contributed by atoms with Crippen LogP contribution in [-0.2, 0) is 11.3 Å². The standard InChI is InChI=1S/C20H23BrN2O4/c1-23(13-15-6-9-17(26-2)12-18(15)27-3)19(24)10-11-22-20(25)14-4-7-16(21)8-5-14/h4-9,12H,10-11,13H2,1-3H3,(H,22,25). The summed E-state index contributed by atoms with van der Waals surface area (Å²) >= 11 is 3.33. The Morgan fingerprint density at radius 2 is 1.78 bits per heavy atom. The van der Waals surface area contributed by atoms with Gasteiger partial charge in [-0.2, -0.15) is 0 Å². The van der Waals surface area contributed by atoms with E-state index >= 15 is 0 Å². The van der Waals surface area contributed by atoms with E-state index in [1.165, 1.54) is 0 Å². The van der Waals surface area contributed by atoms with Gasteiger partial charge in [-0.3, -0.25) is 9.59 Å². The molecule has 2 aromatic rings. The molecule has 0 unspecified atom stereocenters. The van der Waals surface area contributed by atoms with E-state index < -0.39 is 0 Å². The molecule has 0 heterocycles. The molecule has 144 valence electrons. The number of hydrogen-bond donors (Lipinski definition) is 1. The molecule has 27 heavy (non-hydrogen) atoms. The van der Waals surface area contributed by atoms with Crippen LogP contribution in [0.15, 0.2) is 46.9 Å². The number of halogens is 1. The maximum atomic E-state index is 12.3. The normalized spacial score (nSPS) is 10.2. The Morgan fingerprint density at radius 3 is 2.41 bits per heavy atom. The Morgan fingerprint density at radius 1 is 1.07 bits per heavy atom. The summed E-state index contributed by atoms with van der Waals surface area (Å²) in [4.78, 5) is 26.0. The van der Waals surface area contributed by atoms with Gasteiger partial charge in [-0.15, -0.1) is 0 Å². The van der Waals surface area contributed by atoms with Gasteiger partial charge in [-0.25, -0.2) is 0 Å². The van der Waals surface area contributed by atoms with E-state index in [9.17, 15) is 9.59 Å². The fourth-order valence-electron chi connectivity index (χ4n) is 2.50. The lowest BCUT2D eigenvalue weighted by molar-refractivity contribution is -0.130. The van der Waals surface area contributed by atoms with Crippen molar-refractivity contribution in [2.45, 2.75) is 13.0 Å². The Hall–Kier alpha value is -2.54. The zero-order valence-corrected chi connectivity index (χ0v) is 17.2. The topological polar surface area (TPSA) is 67.9 Å². The summed E-state index contributed by atoms with van der Waals surface area (Å²) in [5.41, 5.74) is 1.44. The molecule has 0 aliphatic rings. The summed E-state index contributed by atoms with van der Waals surface area (Å²) in [6, 6.07) is 12.5. The first kappa shape index (κ1) is 20.8. The van der Waals surface area contributed by atoms with Crippen LogP contribution in [0.4, 0.5) is 0 Å². The Balaban J connectivity index is 1.85. The number of hydrogen-bond acceptors (Lipinski definition) is 4. The minimum Gasteiger partial charge on any atom is -0.497 e. The van der Waals surface area contributed by atoms with Crippen molar-refractivity contribution in [1.82, 2.24) is 10.2 Å². The molecule has 7 heteroatoms. The zero-order chi connectivity index (χ0) is 19.8. The van der Waals surface area contributed by atoms with Crippen LogP contribution in [0.25, 0.3) is 0 Å². The van der Waals surface area contributed by atoms with Crippen LogP contribution in [0, 0.1) is 0 Å². The lowest BCUT2D eigenvalue weighted by Gasteiger charge is -2.19. The predicted octanol–water partition coefficient (Wildman–Crippen LogP) is 3.24. The Bertz CT molecular complexity index is 793. The van der Waals surface area contributed by atoms with Crippen LogP contribution < -0.4 is 14.8 Å². The molecule has 0 spiro atoms. The molecule has 2 rings (SSSR count). The fourth-order valence-corrected chi connectivity index (χ4v) is 2.77. The Labute approximate surface area is 167 Å². The molecule has 0 saturated carbocycles. The number of nitrogens with zero attached hydrogens (tertiary/aromatic N) is 1.